The maximum atomic E-state index is 14.9. The molecule has 10 nitrogen and oxygen atoms in total. The number of amides is 2. The van der Waals surface area contributed by atoms with Gasteiger partial charge in [0.15, 0.2) is 0 Å². The van der Waals surface area contributed by atoms with Gasteiger partial charge >= 0.3 is 6.09 Å². The van der Waals surface area contributed by atoms with E-state index in [0.29, 0.717) is 30.0 Å². The third kappa shape index (κ3) is 4.45. The lowest BCUT2D eigenvalue weighted by atomic mass is 9.91. The van der Waals surface area contributed by atoms with Crippen LogP contribution in [0.4, 0.5) is 15.0 Å². The lowest BCUT2D eigenvalue weighted by molar-refractivity contribution is 0.0901. The number of nitrogens with one attached hydrogen (secondary N) is 1. The molecule has 4 rings (SSSR count). The van der Waals surface area contributed by atoms with Crippen LogP contribution in [0.25, 0.3) is 11.5 Å². The Morgan fingerprint density at radius 1 is 1.29 bits per heavy atom. The van der Waals surface area contributed by atoms with Crippen LogP contribution < -0.4 is 5.32 Å². The zero-order valence-electron chi connectivity index (χ0n) is 19.4. The number of rotatable bonds is 5. The Bertz CT molecular complexity index is 1230. The normalized spacial score (nSPS) is 15.2. The molecule has 11 heteroatoms. The molecule has 1 unspecified atom stereocenters. The molecule has 1 aliphatic rings. The summed E-state index contributed by atoms with van der Waals surface area (Å²) >= 11 is 0. The fraction of sp³-hybridized carbons (Fsp3) is 0.391. The summed E-state index contributed by atoms with van der Waals surface area (Å²) in [7, 11) is 0. The molecule has 2 aromatic heterocycles. The summed E-state index contributed by atoms with van der Waals surface area (Å²) in [5, 5.41) is 14.3. The van der Waals surface area contributed by atoms with E-state index in [9.17, 15) is 14.0 Å². The van der Waals surface area contributed by atoms with Crippen molar-refractivity contribution >= 4 is 17.8 Å². The van der Waals surface area contributed by atoms with Crippen LogP contribution in [0, 0.1) is 5.82 Å². The smallest absolute Gasteiger partial charge is 0.410 e. The SMILES string of the molecule is CCOC(=O)N1CCc2cc(F)c(C(=O)Nc3cccc(-c4nnnn4C(C)C)n3)cc2C1C. The van der Waals surface area contributed by atoms with Gasteiger partial charge < -0.3 is 15.0 Å². The van der Waals surface area contributed by atoms with E-state index in [0.717, 1.165) is 5.56 Å². The third-order valence-electron chi connectivity index (χ3n) is 5.72. The molecule has 1 aliphatic heterocycles. The molecule has 2 amide bonds. The molecule has 0 fully saturated rings. The number of fused-ring (bicyclic) bond motifs is 1. The third-order valence-corrected chi connectivity index (χ3v) is 5.72. The number of carbonyl (C=O) groups is 2. The maximum Gasteiger partial charge on any atom is 0.410 e. The fourth-order valence-electron chi connectivity index (χ4n) is 3.99. The van der Waals surface area contributed by atoms with Gasteiger partial charge in [-0.3, -0.25) is 4.79 Å². The number of pyridine rings is 1. The molecule has 3 aromatic rings. The summed E-state index contributed by atoms with van der Waals surface area (Å²) in [5.74, 6) is -0.583. The van der Waals surface area contributed by atoms with Gasteiger partial charge in [0, 0.05) is 6.54 Å². The van der Waals surface area contributed by atoms with Crippen LogP contribution in [0.1, 0.15) is 61.3 Å². The zero-order valence-corrected chi connectivity index (χ0v) is 19.4. The Kier molecular flexibility index (Phi) is 6.53. The van der Waals surface area contributed by atoms with Crippen LogP contribution in [-0.2, 0) is 11.2 Å². The number of hydrogen-bond donors (Lipinski definition) is 1. The second-order valence-electron chi connectivity index (χ2n) is 8.25. The van der Waals surface area contributed by atoms with Crippen molar-refractivity contribution in [3.05, 3.63) is 52.8 Å². The van der Waals surface area contributed by atoms with Crippen LogP contribution in [0.15, 0.2) is 30.3 Å². The van der Waals surface area contributed by atoms with E-state index in [4.69, 9.17) is 4.74 Å². The van der Waals surface area contributed by atoms with Crippen molar-refractivity contribution in [1.82, 2.24) is 30.1 Å². The number of halogens is 1. The van der Waals surface area contributed by atoms with Gasteiger partial charge in [-0.1, -0.05) is 6.07 Å². The molecule has 34 heavy (non-hydrogen) atoms. The number of tetrazole rings is 1. The topological polar surface area (TPSA) is 115 Å². The predicted octanol–water partition coefficient (Wildman–Crippen LogP) is 3.78. The molecule has 0 saturated heterocycles. The van der Waals surface area contributed by atoms with Gasteiger partial charge in [-0.05, 0) is 79.9 Å². The molecule has 0 aliphatic carbocycles. The molecule has 1 N–H and O–H groups in total. The first-order valence-corrected chi connectivity index (χ1v) is 11.1. The Balaban J connectivity index is 1.59. The highest BCUT2D eigenvalue weighted by Crippen LogP contribution is 2.32. The largest absolute Gasteiger partial charge is 0.450 e. The minimum absolute atomic E-state index is 0.0193. The van der Waals surface area contributed by atoms with Gasteiger partial charge in [0.2, 0.25) is 5.82 Å². The summed E-state index contributed by atoms with van der Waals surface area (Å²) in [6.45, 7) is 8.14. The lowest BCUT2D eigenvalue weighted by Crippen LogP contribution is -2.39. The van der Waals surface area contributed by atoms with E-state index in [1.807, 2.05) is 20.8 Å². The van der Waals surface area contributed by atoms with Crippen molar-refractivity contribution in [3.8, 4) is 11.5 Å². The Hall–Kier alpha value is -3.89. The molecule has 1 aromatic carbocycles. The van der Waals surface area contributed by atoms with Crippen molar-refractivity contribution < 1.29 is 18.7 Å². The van der Waals surface area contributed by atoms with Gasteiger partial charge in [0.1, 0.15) is 17.3 Å². The highest BCUT2D eigenvalue weighted by Gasteiger charge is 2.30. The average Bonchev–Trinajstić information content (AvgIpc) is 3.30. The summed E-state index contributed by atoms with van der Waals surface area (Å²) in [4.78, 5) is 31.2. The van der Waals surface area contributed by atoms with Gasteiger partial charge in [-0.15, -0.1) is 5.10 Å². The molecule has 3 heterocycles. The van der Waals surface area contributed by atoms with Crippen LogP contribution >= 0.6 is 0 Å². The predicted molar refractivity (Wildman–Crippen MR) is 122 cm³/mol. The van der Waals surface area contributed by atoms with E-state index >= 15 is 0 Å². The molecule has 178 valence electrons. The average molecular weight is 468 g/mol. The quantitative estimate of drug-likeness (QED) is 0.607. The van der Waals surface area contributed by atoms with E-state index < -0.39 is 17.8 Å². The first-order chi connectivity index (χ1) is 16.3. The first-order valence-electron chi connectivity index (χ1n) is 11.1. The number of carbonyl (C=O) groups excluding carboxylic acids is 2. The number of ether oxygens (including phenoxy) is 1. The Morgan fingerprint density at radius 2 is 2.09 bits per heavy atom. The lowest BCUT2D eigenvalue weighted by Gasteiger charge is -2.34. The number of hydrogen-bond acceptors (Lipinski definition) is 7. The first kappa shape index (κ1) is 23.3. The van der Waals surface area contributed by atoms with Gasteiger partial charge in [-0.2, -0.15) is 0 Å². The second-order valence-corrected chi connectivity index (χ2v) is 8.25. The number of aromatic nitrogens is 5. The summed E-state index contributed by atoms with van der Waals surface area (Å²) in [6.07, 6.45) is 0.0478. The highest BCUT2D eigenvalue weighted by molar-refractivity contribution is 6.04. The van der Waals surface area contributed by atoms with Crippen molar-refractivity contribution in [3.63, 3.8) is 0 Å². The number of anilines is 1. The number of benzene rings is 1. The maximum absolute atomic E-state index is 14.9. The molecule has 1 atom stereocenters. The van der Waals surface area contributed by atoms with Crippen LogP contribution in [0.5, 0.6) is 0 Å². The Morgan fingerprint density at radius 3 is 2.82 bits per heavy atom. The molecule has 0 radical (unpaired) electrons. The molecule has 0 bridgehead atoms. The number of nitrogens with zero attached hydrogens (tertiary/aromatic N) is 6. The summed E-state index contributed by atoms with van der Waals surface area (Å²) in [5.41, 5.74) is 1.82. The van der Waals surface area contributed by atoms with Gasteiger partial charge in [0.25, 0.3) is 5.91 Å². The summed E-state index contributed by atoms with van der Waals surface area (Å²) < 4.78 is 21.6. The molecule has 0 saturated carbocycles. The van der Waals surface area contributed by atoms with Crippen molar-refractivity contribution in [2.24, 2.45) is 0 Å². The van der Waals surface area contributed by atoms with Crippen molar-refractivity contribution in [1.29, 1.82) is 0 Å². The van der Waals surface area contributed by atoms with Crippen LogP contribution in [0.3, 0.4) is 0 Å². The highest BCUT2D eigenvalue weighted by atomic mass is 19.1. The van der Waals surface area contributed by atoms with Gasteiger partial charge in [0.05, 0.1) is 24.3 Å². The molecule has 0 spiro atoms. The van der Waals surface area contributed by atoms with E-state index in [1.54, 1.807) is 34.7 Å². The van der Waals surface area contributed by atoms with Gasteiger partial charge in [-0.25, -0.2) is 18.9 Å². The van der Waals surface area contributed by atoms with Crippen molar-refractivity contribution in [2.75, 3.05) is 18.5 Å². The Labute approximate surface area is 196 Å². The molecular weight excluding hydrogens is 441 g/mol. The minimum Gasteiger partial charge on any atom is -0.450 e. The van der Waals surface area contributed by atoms with Crippen LogP contribution in [-0.4, -0.2) is 55.2 Å². The minimum atomic E-state index is -0.645. The van der Waals surface area contributed by atoms with E-state index in [1.165, 1.54) is 12.1 Å². The van der Waals surface area contributed by atoms with E-state index in [-0.39, 0.29) is 30.1 Å². The fourth-order valence-corrected chi connectivity index (χ4v) is 3.99. The molecular formula is C23H26FN7O3. The monoisotopic (exact) mass is 467 g/mol. The van der Waals surface area contributed by atoms with Crippen molar-refractivity contribution in [2.45, 2.75) is 46.2 Å². The standard InChI is InChI=1S/C23H26FN7O3/c1-5-34-23(33)30-10-9-15-11-18(24)17(12-16(15)14(30)4)22(32)26-20-8-6-7-19(25-20)21-27-28-29-31(21)13(2)3/h6-8,11-14H,5,9-10H2,1-4H3,(H,25,26,32). The van der Waals surface area contributed by atoms with Crippen LogP contribution in [0.2, 0.25) is 0 Å². The van der Waals surface area contributed by atoms with E-state index in [2.05, 4.69) is 25.8 Å². The zero-order chi connectivity index (χ0) is 24.4. The second kappa shape index (κ2) is 9.54. The summed E-state index contributed by atoms with van der Waals surface area (Å²) in [6, 6.07) is 7.57.